The molecule has 1 heterocycles. The van der Waals surface area contributed by atoms with Crippen molar-refractivity contribution >= 4 is 22.8 Å². The molecule has 0 spiro atoms. The van der Waals surface area contributed by atoms with Crippen molar-refractivity contribution in [2.75, 3.05) is 6.61 Å². The molecule has 6 heteroatoms. The first-order valence-electron chi connectivity index (χ1n) is 10.3. The molecule has 0 aliphatic heterocycles. The van der Waals surface area contributed by atoms with Crippen LogP contribution in [0, 0.1) is 0 Å². The number of hydrogen-bond acceptors (Lipinski definition) is 3. The summed E-state index contributed by atoms with van der Waals surface area (Å²) < 4.78 is 8.09. The molecule has 3 N–H and O–H groups in total. The number of nitrogens with two attached hydrogens (primary N) is 1. The second kappa shape index (κ2) is 8.61. The Kier molecular flexibility index (Phi) is 5.74. The van der Waals surface area contributed by atoms with Crippen molar-refractivity contribution in [1.82, 2.24) is 4.57 Å². The highest BCUT2D eigenvalue weighted by molar-refractivity contribution is 5.91. The van der Waals surface area contributed by atoms with Gasteiger partial charge in [-0.3, -0.25) is 9.59 Å². The summed E-state index contributed by atoms with van der Waals surface area (Å²) >= 11 is 0. The van der Waals surface area contributed by atoms with Gasteiger partial charge in [0.2, 0.25) is 5.91 Å². The summed E-state index contributed by atoms with van der Waals surface area (Å²) in [6.45, 7) is 1.07. The Morgan fingerprint density at radius 3 is 2.57 bits per heavy atom. The molecule has 0 bridgehead atoms. The van der Waals surface area contributed by atoms with Gasteiger partial charge in [-0.15, -0.1) is 0 Å². The lowest BCUT2D eigenvalue weighted by molar-refractivity contribution is -0.137. The van der Waals surface area contributed by atoms with Crippen molar-refractivity contribution in [3.05, 3.63) is 65.4 Å². The smallest absolute Gasteiger partial charge is 0.303 e. The Hall–Kier alpha value is -3.28. The summed E-state index contributed by atoms with van der Waals surface area (Å²) in [5.74, 6) is -0.0403. The van der Waals surface area contributed by atoms with Crippen LogP contribution in [0.2, 0.25) is 0 Å². The SMILES string of the molecule is NC(=O)Cc1c(C2CC2)n(Cc2ccccc2)c2ccc(OCCCC(=O)O)cc12. The van der Waals surface area contributed by atoms with Gasteiger partial charge in [-0.2, -0.15) is 0 Å². The molecule has 1 saturated carbocycles. The van der Waals surface area contributed by atoms with Crippen LogP contribution in [0.5, 0.6) is 5.75 Å². The van der Waals surface area contributed by atoms with E-state index in [1.165, 1.54) is 11.3 Å². The van der Waals surface area contributed by atoms with Crippen LogP contribution in [-0.4, -0.2) is 28.2 Å². The van der Waals surface area contributed by atoms with Crippen LogP contribution in [0.4, 0.5) is 0 Å². The predicted octanol–water partition coefficient (Wildman–Crippen LogP) is 3.84. The molecule has 0 radical (unpaired) electrons. The van der Waals surface area contributed by atoms with E-state index in [9.17, 15) is 9.59 Å². The van der Waals surface area contributed by atoms with E-state index in [2.05, 4.69) is 16.7 Å². The third-order valence-electron chi connectivity index (χ3n) is 5.49. The number of carboxylic acids is 1. The number of hydrogen-bond donors (Lipinski definition) is 2. The second-order valence-electron chi connectivity index (χ2n) is 7.88. The monoisotopic (exact) mass is 406 g/mol. The Labute approximate surface area is 175 Å². The Bertz CT molecular complexity index is 1070. The number of amides is 1. The van der Waals surface area contributed by atoms with E-state index in [4.69, 9.17) is 15.6 Å². The summed E-state index contributed by atoms with van der Waals surface area (Å²) in [6, 6.07) is 16.2. The van der Waals surface area contributed by atoms with Gasteiger partial charge < -0.3 is 20.1 Å². The number of carbonyl (C=O) groups is 2. The van der Waals surface area contributed by atoms with E-state index in [0.717, 1.165) is 35.9 Å². The maximum Gasteiger partial charge on any atom is 0.303 e. The van der Waals surface area contributed by atoms with Gasteiger partial charge in [0.1, 0.15) is 5.75 Å². The van der Waals surface area contributed by atoms with Crippen LogP contribution in [0.25, 0.3) is 10.9 Å². The maximum absolute atomic E-state index is 11.9. The van der Waals surface area contributed by atoms with Crippen molar-refractivity contribution in [3.8, 4) is 5.75 Å². The molecular formula is C24H26N2O4. The predicted molar refractivity (Wildman–Crippen MR) is 115 cm³/mol. The Balaban J connectivity index is 1.72. The van der Waals surface area contributed by atoms with Crippen LogP contribution < -0.4 is 10.5 Å². The fraction of sp³-hybridized carbons (Fsp3) is 0.333. The van der Waals surface area contributed by atoms with Crippen molar-refractivity contribution in [3.63, 3.8) is 0 Å². The van der Waals surface area contributed by atoms with Crippen molar-refractivity contribution < 1.29 is 19.4 Å². The minimum absolute atomic E-state index is 0.0778. The highest BCUT2D eigenvalue weighted by atomic mass is 16.5. The molecule has 3 aromatic rings. The summed E-state index contributed by atoms with van der Waals surface area (Å²) in [6.07, 6.45) is 2.97. The minimum atomic E-state index is -0.829. The average molecular weight is 406 g/mol. The van der Waals surface area contributed by atoms with Gasteiger partial charge in [-0.25, -0.2) is 0 Å². The van der Waals surface area contributed by atoms with Gasteiger partial charge in [-0.05, 0) is 54.5 Å². The lowest BCUT2D eigenvalue weighted by Crippen LogP contribution is -2.15. The normalized spacial score (nSPS) is 13.5. The number of carboxylic acid groups (broad SMARTS) is 1. The van der Waals surface area contributed by atoms with Crippen LogP contribution in [-0.2, 0) is 22.6 Å². The highest BCUT2D eigenvalue weighted by Gasteiger charge is 2.32. The number of aromatic nitrogens is 1. The number of ether oxygens (including phenoxy) is 1. The van der Waals surface area contributed by atoms with E-state index in [1.807, 2.05) is 36.4 Å². The number of carbonyl (C=O) groups excluding carboxylic acids is 1. The molecule has 4 rings (SSSR count). The summed E-state index contributed by atoms with van der Waals surface area (Å²) in [4.78, 5) is 22.6. The van der Waals surface area contributed by atoms with Crippen LogP contribution in [0.1, 0.15) is 48.4 Å². The third-order valence-corrected chi connectivity index (χ3v) is 5.49. The van der Waals surface area contributed by atoms with Crippen LogP contribution >= 0.6 is 0 Å². The molecule has 0 atom stereocenters. The van der Waals surface area contributed by atoms with E-state index in [-0.39, 0.29) is 18.7 Å². The fourth-order valence-corrected chi connectivity index (χ4v) is 4.05. The van der Waals surface area contributed by atoms with E-state index in [0.29, 0.717) is 24.7 Å². The average Bonchev–Trinajstić information content (AvgIpc) is 3.51. The first kappa shape index (κ1) is 20.0. The van der Waals surface area contributed by atoms with Gasteiger partial charge in [0.25, 0.3) is 0 Å². The molecule has 30 heavy (non-hydrogen) atoms. The Morgan fingerprint density at radius 1 is 1.13 bits per heavy atom. The van der Waals surface area contributed by atoms with Crippen molar-refractivity contribution in [2.24, 2.45) is 5.73 Å². The first-order chi connectivity index (χ1) is 14.5. The molecule has 6 nitrogen and oxygen atoms in total. The second-order valence-corrected chi connectivity index (χ2v) is 7.88. The largest absolute Gasteiger partial charge is 0.494 e. The third kappa shape index (κ3) is 4.48. The van der Waals surface area contributed by atoms with Gasteiger partial charge in [0, 0.05) is 29.6 Å². The van der Waals surface area contributed by atoms with Gasteiger partial charge in [0.15, 0.2) is 0 Å². The summed E-state index contributed by atoms with van der Waals surface area (Å²) in [5, 5.41) is 9.77. The molecule has 1 aliphatic carbocycles. The number of aliphatic carboxylic acids is 1. The highest BCUT2D eigenvalue weighted by Crippen LogP contribution is 2.46. The van der Waals surface area contributed by atoms with E-state index in [1.54, 1.807) is 0 Å². The number of benzene rings is 2. The van der Waals surface area contributed by atoms with E-state index >= 15 is 0 Å². The van der Waals surface area contributed by atoms with Crippen molar-refractivity contribution in [1.29, 1.82) is 0 Å². The molecular weight excluding hydrogens is 380 g/mol. The minimum Gasteiger partial charge on any atom is -0.494 e. The fourth-order valence-electron chi connectivity index (χ4n) is 4.05. The molecule has 0 unspecified atom stereocenters. The van der Waals surface area contributed by atoms with Crippen molar-refractivity contribution in [2.45, 2.75) is 44.6 Å². The molecule has 1 amide bonds. The zero-order chi connectivity index (χ0) is 21.1. The van der Waals surface area contributed by atoms with E-state index < -0.39 is 5.97 Å². The topological polar surface area (TPSA) is 94.5 Å². The standard InChI is InChI=1S/C24H26N2O4/c25-22(27)14-20-19-13-18(30-12-4-7-23(28)29)10-11-21(19)26(24(20)17-8-9-17)15-16-5-2-1-3-6-16/h1-3,5-6,10-11,13,17H,4,7-9,12,14-15H2,(H2,25,27)(H,28,29). The van der Waals surface area contributed by atoms with Gasteiger partial charge in [0.05, 0.1) is 13.0 Å². The lowest BCUT2D eigenvalue weighted by atomic mass is 10.0. The summed E-state index contributed by atoms with van der Waals surface area (Å²) in [5.41, 5.74) is 10.1. The molecule has 1 aromatic heterocycles. The van der Waals surface area contributed by atoms with Crippen LogP contribution in [0.3, 0.4) is 0 Å². The molecule has 0 saturated heterocycles. The zero-order valence-corrected chi connectivity index (χ0v) is 16.8. The van der Waals surface area contributed by atoms with Gasteiger partial charge in [-0.1, -0.05) is 30.3 Å². The molecule has 1 aliphatic rings. The first-order valence-corrected chi connectivity index (χ1v) is 10.3. The number of rotatable bonds is 10. The zero-order valence-electron chi connectivity index (χ0n) is 16.8. The lowest BCUT2D eigenvalue weighted by Gasteiger charge is -2.12. The Morgan fingerprint density at radius 2 is 1.90 bits per heavy atom. The molecule has 2 aromatic carbocycles. The maximum atomic E-state index is 11.9. The number of nitrogens with zero attached hydrogens (tertiary/aromatic N) is 1. The summed E-state index contributed by atoms with van der Waals surface area (Å²) in [7, 11) is 0. The quantitative estimate of drug-likeness (QED) is 0.500. The molecule has 156 valence electrons. The van der Waals surface area contributed by atoms with Crippen LogP contribution in [0.15, 0.2) is 48.5 Å². The van der Waals surface area contributed by atoms with Gasteiger partial charge >= 0.3 is 5.97 Å². The molecule has 1 fully saturated rings. The number of primary amides is 1. The number of fused-ring (bicyclic) bond motifs is 1.